The van der Waals surface area contributed by atoms with E-state index in [-0.39, 0.29) is 40.6 Å². The number of fused-ring (bicyclic) bond motifs is 2. The lowest BCUT2D eigenvalue weighted by Gasteiger charge is -2.23. The number of sulfonamides is 1. The van der Waals surface area contributed by atoms with Crippen LogP contribution in [-0.2, 0) is 17.1 Å². The van der Waals surface area contributed by atoms with E-state index in [1.807, 2.05) is 0 Å². The quantitative estimate of drug-likeness (QED) is 0.545. The van der Waals surface area contributed by atoms with Crippen molar-refractivity contribution >= 4 is 43.6 Å². The average Bonchev–Trinajstić information content (AvgIpc) is 3.20. The first-order chi connectivity index (χ1) is 15.0. The van der Waals surface area contributed by atoms with Crippen LogP contribution in [0.5, 0.6) is 5.75 Å². The maximum atomic E-state index is 13.5. The normalized spacial score (nSPS) is 21.7. The SMILES string of the molecule is Cc1cc(NC(=O)c2c3c(c(Br)n2C)S(=O)(=O)N[C@H]2CN(C(=O)O)C[C@H]2CO3)ccc1F. The van der Waals surface area contributed by atoms with Crippen LogP contribution >= 0.6 is 15.9 Å². The molecule has 32 heavy (non-hydrogen) atoms. The van der Waals surface area contributed by atoms with Crippen molar-refractivity contribution in [2.24, 2.45) is 13.0 Å². The van der Waals surface area contributed by atoms with Gasteiger partial charge >= 0.3 is 6.09 Å². The number of carboxylic acid groups (broad SMARTS) is 1. The van der Waals surface area contributed by atoms with Gasteiger partial charge < -0.3 is 24.6 Å². The Morgan fingerprint density at radius 1 is 1.34 bits per heavy atom. The molecule has 1 aromatic carbocycles. The van der Waals surface area contributed by atoms with Gasteiger partial charge in [0.2, 0.25) is 10.0 Å². The van der Waals surface area contributed by atoms with E-state index in [9.17, 15) is 27.5 Å². The Kier molecular flexibility index (Phi) is 5.67. The number of hydrogen-bond acceptors (Lipinski definition) is 5. The first-order valence-corrected chi connectivity index (χ1v) is 11.9. The molecule has 0 unspecified atom stereocenters. The van der Waals surface area contributed by atoms with Gasteiger partial charge in [-0.3, -0.25) is 4.79 Å². The molecule has 0 bridgehead atoms. The average molecular weight is 531 g/mol. The molecule has 172 valence electrons. The number of amides is 2. The van der Waals surface area contributed by atoms with E-state index in [4.69, 9.17) is 4.74 Å². The van der Waals surface area contributed by atoms with Gasteiger partial charge in [-0.25, -0.2) is 22.3 Å². The number of benzene rings is 1. The third kappa shape index (κ3) is 3.84. The number of hydrogen-bond donors (Lipinski definition) is 3. The smallest absolute Gasteiger partial charge is 0.407 e. The summed E-state index contributed by atoms with van der Waals surface area (Å²) in [6.45, 7) is 1.66. The zero-order valence-electron chi connectivity index (χ0n) is 17.1. The minimum Gasteiger partial charge on any atom is -0.489 e. The molecule has 2 amide bonds. The lowest BCUT2D eigenvalue weighted by molar-refractivity contribution is 0.101. The van der Waals surface area contributed by atoms with E-state index in [1.165, 1.54) is 29.8 Å². The summed E-state index contributed by atoms with van der Waals surface area (Å²) in [5.41, 5.74) is 0.620. The van der Waals surface area contributed by atoms with Crippen molar-refractivity contribution in [2.45, 2.75) is 17.9 Å². The van der Waals surface area contributed by atoms with Crippen LogP contribution in [0, 0.1) is 18.7 Å². The number of likely N-dealkylation sites (tertiary alicyclic amines) is 1. The van der Waals surface area contributed by atoms with E-state index in [0.717, 1.165) is 4.90 Å². The van der Waals surface area contributed by atoms with Gasteiger partial charge in [-0.1, -0.05) is 0 Å². The summed E-state index contributed by atoms with van der Waals surface area (Å²) >= 11 is 3.23. The van der Waals surface area contributed by atoms with Crippen LogP contribution in [0.1, 0.15) is 16.1 Å². The summed E-state index contributed by atoms with van der Waals surface area (Å²) in [6.07, 6.45) is -1.15. The third-order valence-corrected chi connectivity index (χ3v) is 8.32. The Hall–Kier alpha value is -2.64. The number of ether oxygens (including phenoxy) is 1. The molecule has 10 nitrogen and oxygen atoms in total. The standard InChI is InChI=1S/C19H20BrFN4O6S/c1-9-5-11(3-4-12(9)21)22-18(26)14-15-16(17(20)24(14)2)32(29,30)23-13-7-25(19(27)28)6-10(13)8-31-15/h3-5,10,13,23H,6-8H2,1-2H3,(H,22,26)(H,27,28)/t10-,13-/m0/s1. The van der Waals surface area contributed by atoms with Gasteiger partial charge in [-0.05, 0) is 46.6 Å². The Labute approximate surface area is 191 Å². The van der Waals surface area contributed by atoms with Gasteiger partial charge in [0.1, 0.15) is 10.4 Å². The predicted octanol–water partition coefficient (Wildman–Crippen LogP) is 2.14. The minimum atomic E-state index is -4.15. The van der Waals surface area contributed by atoms with Crippen molar-refractivity contribution in [1.29, 1.82) is 0 Å². The second kappa shape index (κ2) is 8.05. The zero-order chi connectivity index (χ0) is 23.4. The maximum Gasteiger partial charge on any atom is 0.407 e. The zero-order valence-corrected chi connectivity index (χ0v) is 19.5. The fourth-order valence-electron chi connectivity index (χ4n) is 3.92. The summed E-state index contributed by atoms with van der Waals surface area (Å²) in [5, 5.41) is 11.9. The van der Waals surface area contributed by atoms with Gasteiger partial charge in [-0.15, -0.1) is 0 Å². The predicted molar refractivity (Wildman–Crippen MR) is 115 cm³/mol. The second-order valence-corrected chi connectivity index (χ2v) is 10.2. The summed E-state index contributed by atoms with van der Waals surface area (Å²) in [6, 6.07) is 3.41. The van der Waals surface area contributed by atoms with Crippen LogP contribution in [-0.4, -0.2) is 60.7 Å². The van der Waals surface area contributed by atoms with E-state index >= 15 is 0 Å². The second-order valence-electron chi connectivity index (χ2n) is 7.76. The van der Waals surface area contributed by atoms with Gasteiger partial charge in [0.15, 0.2) is 16.3 Å². The highest BCUT2D eigenvalue weighted by Crippen LogP contribution is 2.40. The summed E-state index contributed by atoms with van der Waals surface area (Å²) in [7, 11) is -2.64. The molecule has 13 heteroatoms. The molecule has 2 aliphatic rings. The lowest BCUT2D eigenvalue weighted by Crippen LogP contribution is -2.43. The first kappa shape index (κ1) is 22.6. The van der Waals surface area contributed by atoms with Crippen molar-refractivity contribution < 1.29 is 32.2 Å². The third-order valence-electron chi connectivity index (χ3n) is 5.60. The molecule has 2 aliphatic heterocycles. The van der Waals surface area contributed by atoms with Gasteiger partial charge in [0.05, 0.1) is 6.61 Å². The number of anilines is 1. The topological polar surface area (TPSA) is 130 Å². The van der Waals surface area contributed by atoms with Crippen LogP contribution in [0.2, 0.25) is 0 Å². The molecule has 4 rings (SSSR count). The van der Waals surface area contributed by atoms with Gasteiger partial charge in [0.25, 0.3) is 5.91 Å². The molecule has 2 aromatic rings. The van der Waals surface area contributed by atoms with E-state index in [2.05, 4.69) is 26.0 Å². The molecule has 1 aromatic heterocycles. The Balaban J connectivity index is 1.72. The number of halogens is 2. The monoisotopic (exact) mass is 530 g/mol. The molecule has 0 aliphatic carbocycles. The molecule has 0 radical (unpaired) electrons. The van der Waals surface area contributed by atoms with Crippen molar-refractivity contribution in [1.82, 2.24) is 14.2 Å². The molecule has 3 N–H and O–H groups in total. The van der Waals surface area contributed by atoms with Gasteiger partial charge in [0, 0.05) is 37.8 Å². The molecule has 0 spiro atoms. The van der Waals surface area contributed by atoms with E-state index in [1.54, 1.807) is 6.92 Å². The number of carbonyl (C=O) groups excluding carboxylic acids is 1. The van der Waals surface area contributed by atoms with Crippen LogP contribution in [0.25, 0.3) is 0 Å². The van der Waals surface area contributed by atoms with E-state index < -0.39 is 39.8 Å². The van der Waals surface area contributed by atoms with Crippen molar-refractivity contribution in [3.05, 3.63) is 39.9 Å². The van der Waals surface area contributed by atoms with Crippen molar-refractivity contribution in [3.63, 3.8) is 0 Å². The fourth-order valence-corrected chi connectivity index (χ4v) is 6.46. The Morgan fingerprint density at radius 3 is 2.72 bits per heavy atom. The highest BCUT2D eigenvalue weighted by atomic mass is 79.9. The maximum absolute atomic E-state index is 13.5. The lowest BCUT2D eigenvalue weighted by atomic mass is 10.1. The van der Waals surface area contributed by atoms with Crippen molar-refractivity contribution in [2.75, 3.05) is 25.0 Å². The number of nitrogens with zero attached hydrogens (tertiary/aromatic N) is 2. The molecule has 0 saturated carbocycles. The summed E-state index contributed by atoms with van der Waals surface area (Å²) in [4.78, 5) is 25.3. The molecule has 3 heterocycles. The highest BCUT2D eigenvalue weighted by molar-refractivity contribution is 9.10. The Morgan fingerprint density at radius 2 is 2.06 bits per heavy atom. The van der Waals surface area contributed by atoms with Gasteiger partial charge in [-0.2, -0.15) is 0 Å². The fraction of sp³-hybridized carbons (Fsp3) is 0.368. The highest BCUT2D eigenvalue weighted by Gasteiger charge is 2.43. The number of aromatic nitrogens is 1. The summed E-state index contributed by atoms with van der Waals surface area (Å²) in [5.74, 6) is -1.64. The number of aryl methyl sites for hydroxylation is 1. The summed E-state index contributed by atoms with van der Waals surface area (Å²) < 4.78 is 49.7. The number of carbonyl (C=O) groups is 2. The molecule has 2 atom stereocenters. The molecule has 1 saturated heterocycles. The van der Waals surface area contributed by atoms with Crippen molar-refractivity contribution in [3.8, 4) is 5.75 Å². The number of nitrogens with one attached hydrogen (secondary N) is 2. The molecular formula is C19H20BrFN4O6S. The van der Waals surface area contributed by atoms with Crippen LogP contribution in [0.4, 0.5) is 14.9 Å². The largest absolute Gasteiger partial charge is 0.489 e. The first-order valence-electron chi connectivity index (χ1n) is 9.58. The number of rotatable bonds is 2. The van der Waals surface area contributed by atoms with Crippen LogP contribution in [0.15, 0.2) is 27.7 Å². The Bertz CT molecular complexity index is 1230. The molecular weight excluding hydrogens is 511 g/mol. The van der Waals surface area contributed by atoms with Crippen LogP contribution in [0.3, 0.4) is 0 Å². The van der Waals surface area contributed by atoms with E-state index in [0.29, 0.717) is 11.3 Å². The van der Waals surface area contributed by atoms with Crippen LogP contribution < -0.4 is 14.8 Å². The minimum absolute atomic E-state index is 0.000360. The molecule has 1 fully saturated rings.